The van der Waals surface area contributed by atoms with E-state index >= 15 is 0 Å². The maximum atomic E-state index is 4.43. The van der Waals surface area contributed by atoms with Crippen molar-refractivity contribution in [2.24, 2.45) is 16.7 Å². The summed E-state index contributed by atoms with van der Waals surface area (Å²) in [7, 11) is 0. The zero-order valence-electron chi connectivity index (χ0n) is 11.9. The summed E-state index contributed by atoms with van der Waals surface area (Å²) in [6, 6.07) is 0.517. The van der Waals surface area contributed by atoms with Gasteiger partial charge in [0.25, 0.3) is 0 Å². The Labute approximate surface area is 105 Å². The van der Waals surface area contributed by atoms with Crippen molar-refractivity contribution in [2.45, 2.75) is 54.1 Å². The monoisotopic (exact) mass is 235 g/mol. The molecule has 17 heavy (non-hydrogen) atoms. The molecule has 0 atom stereocenters. The summed E-state index contributed by atoms with van der Waals surface area (Å²) >= 11 is 0. The highest BCUT2D eigenvalue weighted by molar-refractivity contribution is 5.37. The Morgan fingerprint density at radius 1 is 1.29 bits per heavy atom. The minimum Gasteiger partial charge on any atom is -0.352 e. The van der Waals surface area contributed by atoms with Crippen molar-refractivity contribution < 1.29 is 0 Å². The molecule has 1 aromatic rings. The van der Waals surface area contributed by atoms with Gasteiger partial charge in [0.2, 0.25) is 5.95 Å². The normalized spacial score (nSPS) is 21.8. The molecule has 1 aliphatic rings. The second kappa shape index (κ2) is 3.76. The first kappa shape index (κ1) is 12.5. The van der Waals surface area contributed by atoms with E-state index in [0.29, 0.717) is 22.8 Å². The summed E-state index contributed by atoms with van der Waals surface area (Å²) in [4.78, 5) is 4.43. The SMILES string of the molecule is CC(C)Cn1ccnc1NC1C(C)(C)C1(C)C. The van der Waals surface area contributed by atoms with Gasteiger partial charge in [-0.05, 0) is 16.7 Å². The molecule has 0 aromatic carbocycles. The van der Waals surface area contributed by atoms with Crippen molar-refractivity contribution in [3.63, 3.8) is 0 Å². The van der Waals surface area contributed by atoms with Gasteiger partial charge in [-0.1, -0.05) is 41.5 Å². The van der Waals surface area contributed by atoms with Gasteiger partial charge in [-0.15, -0.1) is 0 Å². The minimum absolute atomic E-state index is 0.349. The molecule has 1 heterocycles. The minimum atomic E-state index is 0.349. The zero-order chi connectivity index (χ0) is 12.8. The first-order valence-electron chi connectivity index (χ1n) is 6.54. The van der Waals surface area contributed by atoms with Crippen LogP contribution in [0.2, 0.25) is 0 Å². The van der Waals surface area contributed by atoms with Crippen LogP contribution in [0.1, 0.15) is 41.5 Å². The molecule has 3 heteroatoms. The molecule has 0 unspecified atom stereocenters. The van der Waals surface area contributed by atoms with Crippen molar-refractivity contribution in [1.29, 1.82) is 0 Å². The molecular formula is C14H25N3. The van der Waals surface area contributed by atoms with E-state index in [-0.39, 0.29) is 0 Å². The Kier molecular flexibility index (Phi) is 2.75. The van der Waals surface area contributed by atoms with Gasteiger partial charge in [-0.2, -0.15) is 0 Å². The molecule has 0 amide bonds. The lowest BCUT2D eigenvalue weighted by Gasteiger charge is -2.12. The molecule has 1 aromatic heterocycles. The van der Waals surface area contributed by atoms with Gasteiger partial charge in [-0.25, -0.2) is 4.98 Å². The van der Waals surface area contributed by atoms with Gasteiger partial charge in [-0.3, -0.25) is 0 Å². The van der Waals surface area contributed by atoms with E-state index in [2.05, 4.69) is 62.6 Å². The summed E-state index contributed by atoms with van der Waals surface area (Å²) in [6.45, 7) is 14.8. The largest absolute Gasteiger partial charge is 0.352 e. The predicted molar refractivity (Wildman–Crippen MR) is 72.0 cm³/mol. The van der Waals surface area contributed by atoms with E-state index in [1.165, 1.54) is 0 Å². The van der Waals surface area contributed by atoms with Crippen molar-refractivity contribution in [3.8, 4) is 0 Å². The average Bonchev–Trinajstić information content (AvgIpc) is 2.52. The van der Waals surface area contributed by atoms with Crippen LogP contribution in [-0.4, -0.2) is 15.6 Å². The Hall–Kier alpha value is -0.990. The van der Waals surface area contributed by atoms with Crippen LogP contribution in [0.15, 0.2) is 12.4 Å². The van der Waals surface area contributed by atoms with E-state index < -0.39 is 0 Å². The number of imidazole rings is 1. The molecule has 1 N–H and O–H groups in total. The van der Waals surface area contributed by atoms with E-state index in [1.807, 2.05) is 6.20 Å². The smallest absolute Gasteiger partial charge is 0.203 e. The number of aromatic nitrogens is 2. The van der Waals surface area contributed by atoms with E-state index in [0.717, 1.165) is 12.5 Å². The molecule has 0 bridgehead atoms. The fourth-order valence-electron chi connectivity index (χ4n) is 2.68. The van der Waals surface area contributed by atoms with Gasteiger partial charge in [0, 0.05) is 25.0 Å². The topological polar surface area (TPSA) is 29.9 Å². The molecule has 1 fully saturated rings. The number of anilines is 1. The maximum Gasteiger partial charge on any atom is 0.203 e. The van der Waals surface area contributed by atoms with Crippen LogP contribution in [0, 0.1) is 16.7 Å². The molecular weight excluding hydrogens is 210 g/mol. The van der Waals surface area contributed by atoms with E-state index in [4.69, 9.17) is 0 Å². The second-order valence-electron chi connectivity index (χ2n) is 6.82. The maximum absolute atomic E-state index is 4.43. The van der Waals surface area contributed by atoms with Gasteiger partial charge in [0.1, 0.15) is 0 Å². The molecule has 0 aliphatic heterocycles. The fraction of sp³-hybridized carbons (Fsp3) is 0.786. The summed E-state index contributed by atoms with van der Waals surface area (Å²) < 4.78 is 2.22. The number of hydrogen-bond acceptors (Lipinski definition) is 2. The highest BCUT2D eigenvalue weighted by atomic mass is 15.2. The van der Waals surface area contributed by atoms with Crippen molar-refractivity contribution in [1.82, 2.24) is 9.55 Å². The Balaban J connectivity index is 2.08. The summed E-state index contributed by atoms with van der Waals surface area (Å²) in [5.41, 5.74) is 0.698. The van der Waals surface area contributed by atoms with Crippen LogP contribution in [0.4, 0.5) is 5.95 Å². The number of rotatable bonds is 4. The number of hydrogen-bond donors (Lipinski definition) is 1. The van der Waals surface area contributed by atoms with Gasteiger partial charge >= 0.3 is 0 Å². The third-order valence-electron chi connectivity index (χ3n) is 4.57. The molecule has 96 valence electrons. The highest BCUT2D eigenvalue weighted by Crippen LogP contribution is 2.63. The van der Waals surface area contributed by atoms with Crippen molar-refractivity contribution in [2.75, 3.05) is 5.32 Å². The lowest BCUT2D eigenvalue weighted by atomic mass is 10.0. The number of nitrogens with one attached hydrogen (secondary N) is 1. The molecule has 0 saturated heterocycles. The Bertz CT molecular complexity index is 387. The lowest BCUT2D eigenvalue weighted by Crippen LogP contribution is -2.16. The first-order valence-corrected chi connectivity index (χ1v) is 6.54. The third kappa shape index (κ3) is 1.96. The van der Waals surface area contributed by atoms with Crippen LogP contribution in [0.3, 0.4) is 0 Å². The molecule has 1 saturated carbocycles. The summed E-state index contributed by atoms with van der Waals surface area (Å²) in [6.07, 6.45) is 3.94. The third-order valence-corrected chi connectivity index (χ3v) is 4.57. The summed E-state index contributed by atoms with van der Waals surface area (Å²) in [5, 5.41) is 3.60. The first-order chi connectivity index (χ1) is 7.76. The molecule has 1 aliphatic carbocycles. The van der Waals surface area contributed by atoms with Crippen LogP contribution in [0.25, 0.3) is 0 Å². The van der Waals surface area contributed by atoms with Gasteiger partial charge in [0.05, 0.1) is 0 Å². The van der Waals surface area contributed by atoms with E-state index in [9.17, 15) is 0 Å². The predicted octanol–water partition coefficient (Wildman–Crippen LogP) is 3.39. The molecule has 0 radical (unpaired) electrons. The Morgan fingerprint density at radius 3 is 2.35 bits per heavy atom. The highest BCUT2D eigenvalue weighted by Gasteiger charge is 2.65. The van der Waals surface area contributed by atoms with Crippen LogP contribution >= 0.6 is 0 Å². The van der Waals surface area contributed by atoms with Crippen molar-refractivity contribution in [3.05, 3.63) is 12.4 Å². The van der Waals surface area contributed by atoms with E-state index in [1.54, 1.807) is 0 Å². The number of nitrogens with zero attached hydrogens (tertiary/aromatic N) is 2. The molecule has 3 nitrogen and oxygen atoms in total. The lowest BCUT2D eigenvalue weighted by molar-refractivity contribution is 0.457. The van der Waals surface area contributed by atoms with Crippen LogP contribution < -0.4 is 5.32 Å². The standard InChI is InChI=1S/C14H25N3/c1-10(2)9-17-8-7-15-12(17)16-11-13(3,4)14(11,5)6/h7-8,10-11H,9H2,1-6H3,(H,15,16). The Morgan fingerprint density at radius 2 is 1.88 bits per heavy atom. The zero-order valence-corrected chi connectivity index (χ0v) is 11.9. The van der Waals surface area contributed by atoms with Gasteiger partial charge in [0.15, 0.2) is 0 Å². The average molecular weight is 235 g/mol. The van der Waals surface area contributed by atoms with Crippen molar-refractivity contribution >= 4 is 5.95 Å². The second-order valence-corrected chi connectivity index (χ2v) is 6.82. The van der Waals surface area contributed by atoms with Crippen LogP contribution in [-0.2, 0) is 6.54 Å². The van der Waals surface area contributed by atoms with Gasteiger partial charge < -0.3 is 9.88 Å². The molecule has 0 spiro atoms. The molecule has 2 rings (SSSR count). The summed E-state index contributed by atoms with van der Waals surface area (Å²) in [5.74, 6) is 1.66. The van der Waals surface area contributed by atoms with Crippen LogP contribution in [0.5, 0.6) is 0 Å². The quantitative estimate of drug-likeness (QED) is 0.867. The fourth-order valence-corrected chi connectivity index (χ4v) is 2.68.